The van der Waals surface area contributed by atoms with E-state index in [2.05, 4.69) is 10.3 Å². The van der Waals surface area contributed by atoms with E-state index in [0.717, 1.165) is 18.3 Å². The quantitative estimate of drug-likeness (QED) is 0.183. The second-order valence-electron chi connectivity index (χ2n) is 6.19. The molecule has 154 valence electrons. The van der Waals surface area contributed by atoms with Crippen LogP contribution >= 0.6 is 22.6 Å². The molecule has 0 amide bonds. The van der Waals surface area contributed by atoms with Gasteiger partial charge in [-0.05, 0) is 40.8 Å². The smallest absolute Gasteiger partial charge is 0.411 e. The van der Waals surface area contributed by atoms with Gasteiger partial charge in [-0.1, -0.05) is 34.6 Å². The van der Waals surface area contributed by atoms with Gasteiger partial charge in [-0.15, -0.1) is 0 Å². The summed E-state index contributed by atoms with van der Waals surface area (Å²) >= 11 is 1.90. The predicted octanol–water partition coefficient (Wildman–Crippen LogP) is 5.70. The Kier molecular flexibility index (Phi) is 5.54. The zero-order valence-electron chi connectivity index (χ0n) is 14.2. The Balaban J connectivity index is 2.01. The first-order chi connectivity index (χ1) is 13.5. The monoisotopic (exact) mass is 528 g/mol. The van der Waals surface area contributed by atoms with Gasteiger partial charge >= 0.3 is 12.4 Å². The van der Waals surface area contributed by atoms with E-state index in [0.29, 0.717) is 26.8 Å². The molecule has 0 aliphatic carbocycles. The Labute approximate surface area is 174 Å². The van der Waals surface area contributed by atoms with Crippen molar-refractivity contribution in [1.82, 2.24) is 0 Å². The van der Waals surface area contributed by atoms with Crippen molar-refractivity contribution in [2.24, 2.45) is 10.3 Å². The Morgan fingerprint density at radius 3 is 2.41 bits per heavy atom. The van der Waals surface area contributed by atoms with Crippen LogP contribution in [0.4, 0.5) is 26.3 Å². The van der Waals surface area contributed by atoms with E-state index in [1.54, 1.807) is 0 Å². The topological polar surface area (TPSA) is 54.2 Å². The minimum atomic E-state index is -5.01. The van der Waals surface area contributed by atoms with Crippen molar-refractivity contribution in [3.05, 3.63) is 68.3 Å². The predicted molar refractivity (Wildman–Crippen MR) is 100.0 cm³/mol. The summed E-state index contributed by atoms with van der Waals surface area (Å²) in [6, 6.07) is 7.44. The Morgan fingerprint density at radius 1 is 1.10 bits per heavy atom. The van der Waals surface area contributed by atoms with Gasteiger partial charge in [0.05, 0.1) is 17.5 Å². The summed E-state index contributed by atoms with van der Waals surface area (Å²) in [6.07, 6.45) is -9.45. The van der Waals surface area contributed by atoms with E-state index in [1.807, 2.05) is 22.6 Å². The third-order valence-corrected chi connectivity index (χ3v) is 5.31. The summed E-state index contributed by atoms with van der Waals surface area (Å²) in [7, 11) is 0. The number of rotatable bonds is 3. The van der Waals surface area contributed by atoms with Gasteiger partial charge in [0.15, 0.2) is 0 Å². The Bertz CT molecular complexity index is 987. The molecule has 11 heteroatoms. The standard InChI is InChI=1S/C18H11F6IN2O2/c19-17(20,21)13-3-1-2-12(7-13)16(18(22,23)24)8-15(27-29-16)10-4-5-11(9-26-28)14(25)6-10/h1-7,9,28H,8H2/b26-9+. The van der Waals surface area contributed by atoms with Gasteiger partial charge in [0, 0.05) is 26.7 Å². The zero-order chi connectivity index (χ0) is 21.4. The number of halogens is 7. The third-order valence-electron chi connectivity index (χ3n) is 4.37. The van der Waals surface area contributed by atoms with Crippen LogP contribution < -0.4 is 0 Å². The van der Waals surface area contributed by atoms with Crippen LogP contribution in [0.2, 0.25) is 0 Å². The van der Waals surface area contributed by atoms with Crippen LogP contribution in [0.3, 0.4) is 0 Å². The molecule has 0 aromatic heterocycles. The van der Waals surface area contributed by atoms with Gasteiger partial charge in [-0.25, -0.2) is 0 Å². The second-order valence-corrected chi connectivity index (χ2v) is 7.35. The average molecular weight is 528 g/mol. The highest BCUT2D eigenvalue weighted by atomic mass is 127. The van der Waals surface area contributed by atoms with Crippen LogP contribution in [0.15, 0.2) is 52.8 Å². The number of hydrogen-bond donors (Lipinski definition) is 1. The number of oxime groups is 2. The Hall–Kier alpha value is -2.31. The summed E-state index contributed by atoms with van der Waals surface area (Å²) in [6.45, 7) is 0. The van der Waals surface area contributed by atoms with Crippen LogP contribution in [0.25, 0.3) is 0 Å². The average Bonchev–Trinajstić information content (AvgIpc) is 3.10. The van der Waals surface area contributed by atoms with Gasteiger partial charge in [0.1, 0.15) is 0 Å². The lowest BCUT2D eigenvalue weighted by atomic mass is 9.85. The fourth-order valence-corrected chi connectivity index (χ4v) is 3.53. The largest absolute Gasteiger partial charge is 0.435 e. The summed E-state index contributed by atoms with van der Waals surface area (Å²) < 4.78 is 81.3. The van der Waals surface area contributed by atoms with Crippen molar-refractivity contribution in [2.45, 2.75) is 24.4 Å². The van der Waals surface area contributed by atoms with Crippen molar-refractivity contribution in [2.75, 3.05) is 0 Å². The molecule has 1 aliphatic heterocycles. The number of benzene rings is 2. The highest BCUT2D eigenvalue weighted by molar-refractivity contribution is 14.1. The molecule has 0 bridgehead atoms. The SMILES string of the molecule is O/N=C/c1ccc(C2=NOC(c3cccc(C(F)(F)F)c3)(C(F)(F)F)C2)cc1I. The molecule has 2 aromatic carbocycles. The fraction of sp³-hybridized carbons (Fsp3) is 0.222. The first-order valence-corrected chi connectivity index (χ1v) is 9.03. The lowest BCUT2D eigenvalue weighted by molar-refractivity contribution is -0.276. The summed E-state index contributed by atoms with van der Waals surface area (Å²) in [5.41, 5.74) is -4.15. The minimum Gasteiger partial charge on any atom is -0.411 e. The van der Waals surface area contributed by atoms with Crippen LogP contribution in [0.5, 0.6) is 0 Å². The van der Waals surface area contributed by atoms with Crippen molar-refractivity contribution < 1.29 is 36.4 Å². The fourth-order valence-electron chi connectivity index (χ4n) is 2.88. The van der Waals surface area contributed by atoms with Gasteiger partial charge in [-0.3, -0.25) is 0 Å². The van der Waals surface area contributed by atoms with E-state index in [1.165, 1.54) is 18.2 Å². The van der Waals surface area contributed by atoms with Crippen LogP contribution in [0, 0.1) is 3.57 Å². The molecule has 1 unspecified atom stereocenters. The lowest BCUT2D eigenvalue weighted by Crippen LogP contribution is -2.42. The van der Waals surface area contributed by atoms with Crippen molar-refractivity contribution >= 4 is 34.5 Å². The maximum absolute atomic E-state index is 13.9. The summed E-state index contributed by atoms with van der Waals surface area (Å²) in [5.74, 6) is 0. The molecule has 0 radical (unpaired) electrons. The van der Waals surface area contributed by atoms with E-state index in [-0.39, 0.29) is 5.71 Å². The highest BCUT2D eigenvalue weighted by Crippen LogP contribution is 2.49. The molecule has 2 aromatic rings. The van der Waals surface area contributed by atoms with Gasteiger partial charge in [-0.2, -0.15) is 26.3 Å². The molecule has 3 rings (SSSR count). The molecule has 0 fully saturated rings. The van der Waals surface area contributed by atoms with E-state index >= 15 is 0 Å². The Morgan fingerprint density at radius 2 is 1.83 bits per heavy atom. The second kappa shape index (κ2) is 7.50. The molecule has 0 saturated carbocycles. The van der Waals surface area contributed by atoms with Gasteiger partial charge in [0.25, 0.3) is 5.60 Å². The number of nitrogens with zero attached hydrogens (tertiary/aromatic N) is 2. The molecular weight excluding hydrogens is 517 g/mol. The summed E-state index contributed by atoms with van der Waals surface area (Å²) in [4.78, 5) is 4.77. The third kappa shape index (κ3) is 4.05. The maximum atomic E-state index is 13.9. The molecule has 1 heterocycles. The van der Waals surface area contributed by atoms with Crippen LogP contribution in [-0.2, 0) is 16.6 Å². The first kappa shape index (κ1) is 21.4. The molecule has 1 N–H and O–H groups in total. The number of alkyl halides is 6. The highest BCUT2D eigenvalue weighted by Gasteiger charge is 2.62. The zero-order valence-corrected chi connectivity index (χ0v) is 16.4. The minimum absolute atomic E-state index is 0.0647. The molecular formula is C18H11F6IN2O2. The molecule has 0 saturated heterocycles. The summed E-state index contributed by atoms with van der Waals surface area (Å²) in [5, 5.41) is 15.0. The molecule has 0 spiro atoms. The van der Waals surface area contributed by atoms with E-state index < -0.39 is 35.5 Å². The molecule has 1 aliphatic rings. The maximum Gasteiger partial charge on any atom is 0.435 e. The molecule has 4 nitrogen and oxygen atoms in total. The molecule has 29 heavy (non-hydrogen) atoms. The van der Waals surface area contributed by atoms with E-state index in [4.69, 9.17) is 10.0 Å². The van der Waals surface area contributed by atoms with Crippen molar-refractivity contribution in [1.29, 1.82) is 0 Å². The lowest BCUT2D eigenvalue weighted by Gasteiger charge is -2.30. The van der Waals surface area contributed by atoms with Crippen molar-refractivity contribution in [3.63, 3.8) is 0 Å². The van der Waals surface area contributed by atoms with Crippen molar-refractivity contribution in [3.8, 4) is 0 Å². The normalized spacial score (nSPS) is 20.0. The first-order valence-electron chi connectivity index (χ1n) is 7.95. The van der Waals surface area contributed by atoms with Crippen LogP contribution in [-0.4, -0.2) is 23.3 Å². The van der Waals surface area contributed by atoms with Gasteiger partial charge < -0.3 is 10.0 Å². The van der Waals surface area contributed by atoms with Gasteiger partial charge in [0.2, 0.25) is 0 Å². The molecule has 1 atom stereocenters. The number of hydrogen-bond acceptors (Lipinski definition) is 4. The van der Waals surface area contributed by atoms with E-state index in [9.17, 15) is 26.3 Å². The van der Waals surface area contributed by atoms with Crippen LogP contribution in [0.1, 0.15) is 28.7 Å².